The number of H-pyrrole nitrogens is 2. The number of imidazole rings is 2. The summed E-state index contributed by atoms with van der Waals surface area (Å²) in [6.45, 7) is 10.8. The Morgan fingerprint density at radius 1 is 0.707 bits per heavy atom. The van der Waals surface area contributed by atoms with Crippen molar-refractivity contribution in [2.45, 2.75) is 90.9 Å². The molecule has 5 heterocycles. The van der Waals surface area contributed by atoms with E-state index in [4.69, 9.17) is 24.4 Å². The van der Waals surface area contributed by atoms with E-state index in [1.54, 1.807) is 0 Å². The number of nitrogens with zero attached hydrogens (tertiary/aromatic N) is 5. The summed E-state index contributed by atoms with van der Waals surface area (Å²) in [5.74, 6) is 0.901. The van der Waals surface area contributed by atoms with Crippen LogP contribution in [0.15, 0.2) is 53.8 Å². The number of fused-ring (bicyclic) bond motifs is 1. The Labute approximate surface area is 338 Å². The SMILES string of the molecule is COC(=O)N[C@H](C(=O)N1CCC[C@H]1c1ncc(-c2ccc(-c3ccc(-c4cnc([C@@H]5CCCN5C(=O)[C@@H](NC(=O)OC)C(C)C)[nH]4)c4c3CC(C)=N4)cc2)[nH]1)C(C)C. The minimum atomic E-state index is -0.705. The number of likely N-dealkylation sites (tertiary alicyclic amines) is 2. The summed E-state index contributed by atoms with van der Waals surface area (Å²) >= 11 is 0. The van der Waals surface area contributed by atoms with Gasteiger partial charge in [-0.15, -0.1) is 0 Å². The molecule has 15 heteroatoms. The molecule has 2 aromatic heterocycles. The summed E-state index contributed by atoms with van der Waals surface area (Å²) < 4.78 is 9.55. The van der Waals surface area contributed by atoms with Gasteiger partial charge in [0.05, 0.1) is 55.8 Å². The topological polar surface area (TPSA) is 187 Å². The summed E-state index contributed by atoms with van der Waals surface area (Å²) in [6, 6.07) is 10.7. The number of aromatic nitrogens is 4. The maximum absolute atomic E-state index is 13.7. The van der Waals surface area contributed by atoms with Gasteiger partial charge in [-0.25, -0.2) is 19.6 Å². The molecule has 0 bridgehead atoms. The molecule has 15 nitrogen and oxygen atoms in total. The summed E-state index contributed by atoms with van der Waals surface area (Å²) in [7, 11) is 2.58. The van der Waals surface area contributed by atoms with Crippen molar-refractivity contribution in [3.8, 4) is 33.6 Å². The van der Waals surface area contributed by atoms with E-state index in [0.29, 0.717) is 18.9 Å². The van der Waals surface area contributed by atoms with Crippen molar-refractivity contribution >= 4 is 35.4 Å². The first-order valence-electron chi connectivity index (χ1n) is 20.1. The van der Waals surface area contributed by atoms with E-state index in [0.717, 1.165) is 88.5 Å². The summed E-state index contributed by atoms with van der Waals surface area (Å²) in [4.78, 5) is 76.4. The number of alkyl carbamates (subject to hydrolysis) is 2. The monoisotopic (exact) mass is 791 g/mol. The molecule has 0 saturated carbocycles. The number of ether oxygens (including phenoxy) is 2. The second-order valence-corrected chi connectivity index (χ2v) is 16.0. The molecule has 4 aromatic rings. The van der Waals surface area contributed by atoms with E-state index in [2.05, 4.69) is 57.0 Å². The Bertz CT molecular complexity index is 2210. The van der Waals surface area contributed by atoms with Crippen LogP contribution in [-0.2, 0) is 25.5 Å². The van der Waals surface area contributed by atoms with Gasteiger partial charge in [-0.1, -0.05) is 64.1 Å². The van der Waals surface area contributed by atoms with Gasteiger partial charge in [-0.2, -0.15) is 0 Å². The highest BCUT2D eigenvalue weighted by molar-refractivity contribution is 5.99. The smallest absolute Gasteiger partial charge is 0.407 e. The van der Waals surface area contributed by atoms with Crippen LogP contribution in [0.3, 0.4) is 0 Å². The molecule has 7 rings (SSSR count). The average molecular weight is 792 g/mol. The zero-order valence-corrected chi connectivity index (χ0v) is 34.2. The zero-order chi connectivity index (χ0) is 41.2. The molecular weight excluding hydrogens is 739 g/mol. The number of rotatable bonds is 11. The predicted molar refractivity (Wildman–Crippen MR) is 219 cm³/mol. The molecule has 2 saturated heterocycles. The Morgan fingerprint density at radius 2 is 1.19 bits per heavy atom. The van der Waals surface area contributed by atoms with Gasteiger partial charge < -0.3 is 39.9 Å². The lowest BCUT2D eigenvalue weighted by atomic mass is 9.93. The van der Waals surface area contributed by atoms with E-state index in [1.165, 1.54) is 14.2 Å². The Balaban J connectivity index is 1.08. The fourth-order valence-electron chi connectivity index (χ4n) is 8.43. The van der Waals surface area contributed by atoms with E-state index in [-0.39, 0.29) is 35.7 Å². The first-order chi connectivity index (χ1) is 27.9. The molecule has 0 spiro atoms. The van der Waals surface area contributed by atoms with Crippen molar-refractivity contribution in [3.05, 3.63) is 66.0 Å². The van der Waals surface area contributed by atoms with Gasteiger partial charge in [-0.3, -0.25) is 14.6 Å². The molecule has 0 aliphatic carbocycles. The predicted octanol–water partition coefficient (Wildman–Crippen LogP) is 6.87. The quantitative estimate of drug-likeness (QED) is 0.127. The molecule has 4 amide bonds. The van der Waals surface area contributed by atoms with Crippen LogP contribution >= 0.6 is 0 Å². The van der Waals surface area contributed by atoms with Gasteiger partial charge in [-0.05, 0) is 66.7 Å². The Morgan fingerprint density at radius 3 is 1.71 bits per heavy atom. The number of nitrogens with one attached hydrogen (secondary N) is 4. The largest absolute Gasteiger partial charge is 0.453 e. The number of hydrogen-bond acceptors (Lipinski definition) is 9. The zero-order valence-electron chi connectivity index (χ0n) is 34.2. The number of hydrogen-bond donors (Lipinski definition) is 4. The highest BCUT2D eigenvalue weighted by atomic mass is 16.5. The maximum atomic E-state index is 13.7. The van der Waals surface area contributed by atoms with Crippen LogP contribution in [0.5, 0.6) is 0 Å². The van der Waals surface area contributed by atoms with Gasteiger partial charge in [0, 0.05) is 30.8 Å². The van der Waals surface area contributed by atoms with Crippen LogP contribution in [0.4, 0.5) is 15.3 Å². The number of aliphatic imine (C=N–C) groups is 1. The first-order valence-corrected chi connectivity index (χ1v) is 20.1. The van der Waals surface area contributed by atoms with Crippen molar-refractivity contribution in [1.82, 2.24) is 40.4 Å². The lowest BCUT2D eigenvalue weighted by Gasteiger charge is -2.30. The third kappa shape index (κ3) is 7.94. The van der Waals surface area contributed by atoms with Crippen LogP contribution in [0, 0.1) is 11.8 Å². The first kappa shape index (κ1) is 40.2. The standard InChI is InChI=1S/C43H53N9O6/c1-23(2)35(49-42(55)57-6)40(53)51-18-8-10-33(51)38-44-21-31(47-38)27-14-12-26(13-15-27)28-16-17-29(37-30(28)20-25(5)46-37)32-22-45-39(48-32)34-11-9-19-52(34)41(54)36(24(3)4)50-43(56)58-7/h12-17,21-24,33-36H,8-11,18-20H2,1-7H3,(H,44,47)(H,45,48)(H,49,55)(H,50,56)/t33-,34-,35-,36-/m0/s1. The normalized spacial score (nSPS) is 18.6. The van der Waals surface area contributed by atoms with Gasteiger partial charge in [0.2, 0.25) is 11.8 Å². The minimum absolute atomic E-state index is 0.112. The number of carbonyl (C=O) groups excluding carboxylic acids is 4. The molecule has 4 N–H and O–H groups in total. The van der Waals surface area contributed by atoms with E-state index < -0.39 is 24.3 Å². The number of amides is 4. The van der Waals surface area contributed by atoms with Gasteiger partial charge >= 0.3 is 12.2 Å². The van der Waals surface area contributed by atoms with Gasteiger partial charge in [0.25, 0.3) is 0 Å². The lowest BCUT2D eigenvalue weighted by Crippen LogP contribution is -2.51. The fourth-order valence-corrected chi connectivity index (χ4v) is 8.43. The third-order valence-corrected chi connectivity index (χ3v) is 11.5. The molecule has 3 aliphatic heterocycles. The minimum Gasteiger partial charge on any atom is -0.453 e. The van der Waals surface area contributed by atoms with E-state index in [1.807, 2.05) is 56.8 Å². The van der Waals surface area contributed by atoms with Gasteiger partial charge in [0.1, 0.15) is 23.7 Å². The molecule has 58 heavy (non-hydrogen) atoms. The Kier molecular flexibility index (Phi) is 11.7. The second kappa shape index (κ2) is 16.9. The Hall–Kier alpha value is -5.99. The molecule has 0 unspecified atom stereocenters. The van der Waals surface area contributed by atoms with Crippen molar-refractivity contribution in [1.29, 1.82) is 0 Å². The summed E-state index contributed by atoms with van der Waals surface area (Å²) in [6.07, 6.45) is 6.31. The summed E-state index contributed by atoms with van der Waals surface area (Å²) in [5.41, 5.74) is 8.83. The molecule has 4 atom stereocenters. The lowest BCUT2D eigenvalue weighted by molar-refractivity contribution is -0.136. The number of methoxy groups -OCH3 is 2. The van der Waals surface area contributed by atoms with Crippen molar-refractivity contribution in [2.24, 2.45) is 16.8 Å². The molecule has 2 aromatic carbocycles. The molecular formula is C43H53N9O6. The average Bonchev–Trinajstić information content (AvgIpc) is 4.06. The van der Waals surface area contributed by atoms with E-state index in [9.17, 15) is 19.2 Å². The van der Waals surface area contributed by atoms with E-state index >= 15 is 0 Å². The van der Waals surface area contributed by atoms with Crippen LogP contribution < -0.4 is 10.6 Å². The van der Waals surface area contributed by atoms with Crippen molar-refractivity contribution in [2.75, 3.05) is 27.3 Å². The maximum Gasteiger partial charge on any atom is 0.407 e. The molecule has 306 valence electrons. The van der Waals surface area contributed by atoms with Crippen molar-refractivity contribution < 1.29 is 28.7 Å². The highest BCUT2D eigenvalue weighted by Gasteiger charge is 2.39. The molecule has 2 fully saturated rings. The number of aromatic amines is 2. The van der Waals surface area contributed by atoms with Crippen molar-refractivity contribution in [3.63, 3.8) is 0 Å². The second-order valence-electron chi connectivity index (χ2n) is 16.0. The summed E-state index contributed by atoms with van der Waals surface area (Å²) in [5, 5.41) is 5.41. The molecule has 3 aliphatic rings. The highest BCUT2D eigenvalue weighted by Crippen LogP contribution is 2.43. The molecule has 0 radical (unpaired) electrons. The van der Waals surface area contributed by atoms with Crippen LogP contribution in [0.25, 0.3) is 33.6 Å². The van der Waals surface area contributed by atoms with Crippen LogP contribution in [0.1, 0.15) is 89.6 Å². The number of benzene rings is 2. The van der Waals surface area contributed by atoms with Crippen LogP contribution in [-0.4, -0.2) is 98.8 Å². The van der Waals surface area contributed by atoms with Crippen LogP contribution in [0.2, 0.25) is 0 Å². The third-order valence-electron chi connectivity index (χ3n) is 11.5. The number of carbonyl (C=O) groups is 4. The van der Waals surface area contributed by atoms with Gasteiger partial charge in [0.15, 0.2) is 0 Å². The fraction of sp³-hybridized carbons (Fsp3) is 0.465.